The van der Waals surface area contributed by atoms with Crippen molar-refractivity contribution in [3.63, 3.8) is 0 Å². The van der Waals surface area contributed by atoms with E-state index in [1.807, 2.05) is 0 Å². The van der Waals surface area contributed by atoms with Gasteiger partial charge in [-0.15, -0.1) is 0 Å². The fourth-order valence-corrected chi connectivity index (χ4v) is 0.880. The molecule has 0 radical (unpaired) electrons. The molecule has 1 saturated carbocycles. The lowest BCUT2D eigenvalue weighted by atomic mass is 10.2. The third-order valence-corrected chi connectivity index (χ3v) is 3.30. The topological polar surface area (TPSA) is 0 Å². The van der Waals surface area contributed by atoms with E-state index in [9.17, 15) is 0 Å². The lowest BCUT2D eigenvalue weighted by molar-refractivity contribution is 0.626. The van der Waals surface area contributed by atoms with E-state index in [0.717, 1.165) is 11.8 Å². The third-order valence-electron chi connectivity index (χ3n) is 3.30. The lowest BCUT2D eigenvalue weighted by Crippen LogP contribution is -1.77. The molecule has 140 valence electrons. The van der Waals surface area contributed by atoms with E-state index in [1.54, 1.807) is 0 Å². The van der Waals surface area contributed by atoms with Gasteiger partial charge in [-0.3, -0.25) is 0 Å². The van der Waals surface area contributed by atoms with Crippen LogP contribution in [0.15, 0.2) is 0 Å². The summed E-state index contributed by atoms with van der Waals surface area (Å²) in [6.45, 7) is 21.9. The van der Waals surface area contributed by atoms with Crippen LogP contribution in [0.5, 0.6) is 0 Å². The Labute approximate surface area is 145 Å². The number of hydrogen-bond acceptors (Lipinski definition) is 0. The minimum atomic E-state index is 0.884. The first-order chi connectivity index (χ1) is 10.4. The Bertz CT molecular complexity index is 116. The molecule has 0 aromatic heterocycles. The van der Waals surface area contributed by atoms with Crippen molar-refractivity contribution < 1.29 is 0 Å². The lowest BCUT2D eigenvalue weighted by Gasteiger charge is -1.90. The van der Waals surface area contributed by atoms with Gasteiger partial charge in [0.05, 0.1) is 0 Å². The maximum atomic E-state index is 2.26. The molecule has 1 rings (SSSR count). The highest BCUT2D eigenvalue weighted by atomic mass is 14.2. The largest absolute Gasteiger partial charge is 0.0656 e. The van der Waals surface area contributed by atoms with Crippen LogP contribution in [0.1, 0.15) is 133 Å². The van der Waals surface area contributed by atoms with Gasteiger partial charge in [0.2, 0.25) is 0 Å². The van der Waals surface area contributed by atoms with Crippen molar-refractivity contribution in [3.05, 3.63) is 0 Å². The van der Waals surface area contributed by atoms with E-state index in [0.29, 0.717) is 0 Å². The highest BCUT2D eigenvalue weighted by Crippen LogP contribution is 2.31. The Morgan fingerprint density at radius 1 is 0.682 bits per heavy atom. The first-order valence-electron chi connectivity index (χ1n) is 10.4. The fraction of sp³-hybridized carbons (Fsp3) is 1.00. The molecule has 1 fully saturated rings. The van der Waals surface area contributed by atoms with E-state index in [2.05, 4.69) is 69.2 Å². The second-order valence-electron chi connectivity index (χ2n) is 6.71. The SMILES string of the molecule is CCC.CCC(C)C.CCC1CC1.CCCC.CCCCC. The number of rotatable bonds is 5. The highest BCUT2D eigenvalue weighted by Gasteiger charge is 2.17. The molecule has 0 unspecified atom stereocenters. The van der Waals surface area contributed by atoms with Crippen LogP contribution in [0.4, 0.5) is 0 Å². The van der Waals surface area contributed by atoms with E-state index < -0.39 is 0 Å². The third kappa shape index (κ3) is 72.2. The summed E-state index contributed by atoms with van der Waals surface area (Å²) in [6, 6.07) is 0. The molecule has 0 amide bonds. The molecule has 0 aromatic rings. The van der Waals surface area contributed by atoms with Crippen LogP contribution in [0, 0.1) is 11.8 Å². The van der Waals surface area contributed by atoms with Gasteiger partial charge >= 0.3 is 0 Å². The highest BCUT2D eigenvalue weighted by molar-refractivity contribution is 4.69. The quantitative estimate of drug-likeness (QED) is 0.474. The summed E-state index contributed by atoms with van der Waals surface area (Å²) in [5.74, 6) is 2.02. The monoisotopic (exact) mass is 316 g/mol. The van der Waals surface area contributed by atoms with Gasteiger partial charge in [-0.25, -0.2) is 0 Å². The molecule has 0 N–H and O–H groups in total. The van der Waals surface area contributed by atoms with E-state index in [-0.39, 0.29) is 0 Å². The minimum Gasteiger partial charge on any atom is -0.0656 e. The van der Waals surface area contributed by atoms with Crippen LogP contribution in [0.25, 0.3) is 0 Å². The summed E-state index contributed by atoms with van der Waals surface area (Å²) in [6.07, 6.45) is 13.7. The van der Waals surface area contributed by atoms with Crippen LogP contribution in [0.2, 0.25) is 0 Å². The second-order valence-corrected chi connectivity index (χ2v) is 6.71. The van der Waals surface area contributed by atoms with Gasteiger partial charge in [0, 0.05) is 0 Å². The van der Waals surface area contributed by atoms with Gasteiger partial charge in [0.25, 0.3) is 0 Å². The van der Waals surface area contributed by atoms with E-state index in [4.69, 9.17) is 0 Å². The maximum Gasteiger partial charge on any atom is -0.0417 e. The first-order valence-corrected chi connectivity index (χ1v) is 10.4. The molecule has 0 bridgehead atoms. The van der Waals surface area contributed by atoms with Crippen molar-refractivity contribution in [2.24, 2.45) is 11.8 Å². The van der Waals surface area contributed by atoms with Crippen LogP contribution in [-0.2, 0) is 0 Å². The summed E-state index contributed by atoms with van der Waals surface area (Å²) < 4.78 is 0. The molecule has 0 heterocycles. The van der Waals surface area contributed by atoms with Crippen LogP contribution in [0.3, 0.4) is 0 Å². The fourth-order valence-electron chi connectivity index (χ4n) is 0.880. The molecule has 1 aliphatic rings. The molecule has 0 spiro atoms. The normalized spacial score (nSPS) is 11.6. The average molecular weight is 317 g/mol. The Morgan fingerprint density at radius 2 is 1.00 bits per heavy atom. The summed E-state index contributed by atoms with van der Waals surface area (Å²) in [4.78, 5) is 0. The molecule has 1 aliphatic carbocycles. The van der Waals surface area contributed by atoms with Crippen molar-refractivity contribution in [2.45, 2.75) is 133 Å². The predicted molar refractivity (Wildman–Crippen MR) is 110 cm³/mol. The van der Waals surface area contributed by atoms with Gasteiger partial charge < -0.3 is 0 Å². The van der Waals surface area contributed by atoms with Crippen molar-refractivity contribution in [3.8, 4) is 0 Å². The molecular formula is C22H52. The van der Waals surface area contributed by atoms with E-state index in [1.165, 1.54) is 64.2 Å². The maximum absolute atomic E-state index is 2.26. The van der Waals surface area contributed by atoms with Gasteiger partial charge in [-0.05, 0) is 11.8 Å². The molecular weight excluding hydrogens is 264 g/mol. The second kappa shape index (κ2) is 32.8. The Balaban J connectivity index is -0.0000000933. The molecule has 0 atom stereocenters. The average Bonchev–Trinajstić information content (AvgIpc) is 3.34. The van der Waals surface area contributed by atoms with Gasteiger partial charge in [0.1, 0.15) is 0 Å². The Kier molecular flexibility index (Phi) is 44.7. The molecule has 0 nitrogen and oxygen atoms in total. The smallest absolute Gasteiger partial charge is 0.0417 e. The first kappa shape index (κ1) is 29.9. The van der Waals surface area contributed by atoms with Crippen molar-refractivity contribution in [1.29, 1.82) is 0 Å². The molecule has 0 aromatic carbocycles. The van der Waals surface area contributed by atoms with Gasteiger partial charge in [-0.1, -0.05) is 133 Å². The Morgan fingerprint density at radius 3 is 1.00 bits per heavy atom. The molecule has 0 heteroatoms. The van der Waals surface area contributed by atoms with Crippen LogP contribution < -0.4 is 0 Å². The van der Waals surface area contributed by atoms with Crippen LogP contribution in [-0.4, -0.2) is 0 Å². The summed E-state index contributed by atoms with van der Waals surface area (Å²) in [5, 5.41) is 0. The Hall–Kier alpha value is 0. The zero-order valence-electron chi connectivity index (χ0n) is 18.2. The van der Waals surface area contributed by atoms with Crippen molar-refractivity contribution >= 4 is 0 Å². The predicted octanol–water partition coefficient (Wildman–Crippen LogP) is 9.28. The zero-order valence-corrected chi connectivity index (χ0v) is 18.2. The van der Waals surface area contributed by atoms with Gasteiger partial charge in [-0.2, -0.15) is 0 Å². The number of unbranched alkanes of at least 4 members (excludes halogenated alkanes) is 3. The molecule has 0 aliphatic heterocycles. The van der Waals surface area contributed by atoms with E-state index >= 15 is 0 Å². The number of hydrogen-bond donors (Lipinski definition) is 0. The summed E-state index contributed by atoms with van der Waals surface area (Å²) in [5.41, 5.74) is 0. The summed E-state index contributed by atoms with van der Waals surface area (Å²) >= 11 is 0. The zero-order chi connectivity index (χ0) is 18.2. The van der Waals surface area contributed by atoms with Crippen molar-refractivity contribution in [2.75, 3.05) is 0 Å². The van der Waals surface area contributed by atoms with Crippen LogP contribution >= 0.6 is 0 Å². The molecule has 0 saturated heterocycles. The minimum absolute atomic E-state index is 0.884. The molecule has 22 heavy (non-hydrogen) atoms. The summed E-state index contributed by atoms with van der Waals surface area (Å²) in [7, 11) is 0. The van der Waals surface area contributed by atoms with Crippen molar-refractivity contribution in [1.82, 2.24) is 0 Å². The standard InChI is InChI=1S/C5H10.2C5H12.C4H10.C3H8/c1-2-5-3-4-5;1-4-5(2)3;1-3-5-4-2;1-3-4-2;1-3-2/h5H,2-4H2,1H3;5H,4H2,1-3H3;3-5H2,1-2H3;3-4H2,1-2H3;3H2,1-2H3. The van der Waals surface area contributed by atoms with Gasteiger partial charge in [0.15, 0.2) is 0 Å².